The van der Waals surface area contributed by atoms with Crippen LogP contribution in [-0.2, 0) is 19.8 Å². The van der Waals surface area contributed by atoms with E-state index in [2.05, 4.69) is 30.9 Å². The largest absolute Gasteiger partial charge is 0.491 e. The maximum Gasteiger partial charge on any atom is 0.435 e. The Morgan fingerprint density at radius 2 is 2.03 bits per heavy atom. The lowest BCUT2D eigenvalue weighted by Crippen LogP contribution is -2.28. The number of carbonyl (C=O) groups excluding carboxylic acids is 1. The monoisotopic (exact) mass is 469 g/mol. The van der Waals surface area contributed by atoms with Crippen molar-refractivity contribution in [3.8, 4) is 17.0 Å². The standard InChI is InChI=1S/C19H19ClF3N7O2/c1-4-32-14-6-11(7-24-17(14)20)26-18(31)25-8-12-5-10(2)15(28-27-12)13-9-30(3)29-16(13)19(21,22)23/h5-7,9H,4,8H2,1-3H3,(H2,25,26,31). The van der Waals surface area contributed by atoms with Crippen molar-refractivity contribution in [2.75, 3.05) is 11.9 Å². The van der Waals surface area contributed by atoms with Crippen LogP contribution in [0.3, 0.4) is 0 Å². The highest BCUT2D eigenvalue weighted by Gasteiger charge is 2.38. The van der Waals surface area contributed by atoms with Crippen molar-refractivity contribution < 1.29 is 22.7 Å². The van der Waals surface area contributed by atoms with E-state index >= 15 is 0 Å². The van der Waals surface area contributed by atoms with Gasteiger partial charge in [0.2, 0.25) is 0 Å². The zero-order valence-corrected chi connectivity index (χ0v) is 18.0. The van der Waals surface area contributed by atoms with E-state index in [0.717, 1.165) is 4.68 Å². The van der Waals surface area contributed by atoms with Crippen molar-refractivity contribution in [2.45, 2.75) is 26.6 Å². The van der Waals surface area contributed by atoms with Gasteiger partial charge in [0.15, 0.2) is 16.6 Å². The zero-order chi connectivity index (χ0) is 23.5. The molecule has 3 aromatic rings. The quantitative estimate of drug-likeness (QED) is 0.529. The van der Waals surface area contributed by atoms with Crippen LogP contribution >= 0.6 is 11.6 Å². The third kappa shape index (κ3) is 5.44. The van der Waals surface area contributed by atoms with Crippen LogP contribution in [0.15, 0.2) is 24.5 Å². The molecular formula is C19H19ClF3N7O2. The van der Waals surface area contributed by atoms with Crippen molar-refractivity contribution in [3.05, 3.63) is 46.6 Å². The Hall–Kier alpha value is -3.41. The maximum atomic E-state index is 13.2. The van der Waals surface area contributed by atoms with Crippen LogP contribution in [-0.4, -0.2) is 37.6 Å². The molecular weight excluding hydrogens is 451 g/mol. The zero-order valence-electron chi connectivity index (χ0n) is 17.3. The molecule has 3 aromatic heterocycles. The molecule has 0 aromatic carbocycles. The Kier molecular flexibility index (Phi) is 6.82. The highest BCUT2D eigenvalue weighted by molar-refractivity contribution is 6.30. The van der Waals surface area contributed by atoms with Crippen LogP contribution in [0.2, 0.25) is 5.15 Å². The Morgan fingerprint density at radius 3 is 2.69 bits per heavy atom. The van der Waals surface area contributed by atoms with Gasteiger partial charge in [-0.1, -0.05) is 11.6 Å². The average Bonchev–Trinajstić information content (AvgIpc) is 3.11. The van der Waals surface area contributed by atoms with Gasteiger partial charge in [-0.05, 0) is 25.5 Å². The summed E-state index contributed by atoms with van der Waals surface area (Å²) in [5, 5.41) is 16.7. The second-order valence-electron chi connectivity index (χ2n) is 6.68. The first-order valence-electron chi connectivity index (χ1n) is 9.36. The smallest absolute Gasteiger partial charge is 0.435 e. The van der Waals surface area contributed by atoms with Crippen LogP contribution in [0.4, 0.5) is 23.7 Å². The molecule has 9 nitrogen and oxygen atoms in total. The van der Waals surface area contributed by atoms with E-state index < -0.39 is 17.9 Å². The van der Waals surface area contributed by atoms with Gasteiger partial charge in [-0.15, -0.1) is 5.10 Å². The second kappa shape index (κ2) is 9.39. The minimum atomic E-state index is -4.62. The first kappa shape index (κ1) is 23.3. The summed E-state index contributed by atoms with van der Waals surface area (Å²) < 4.78 is 46.1. The van der Waals surface area contributed by atoms with Gasteiger partial charge in [0.1, 0.15) is 0 Å². The molecule has 0 bridgehead atoms. The molecule has 0 spiro atoms. The maximum absolute atomic E-state index is 13.2. The molecule has 0 aliphatic rings. The number of pyridine rings is 1. The minimum Gasteiger partial charge on any atom is -0.491 e. The number of anilines is 1. The van der Waals surface area contributed by atoms with E-state index in [1.807, 2.05) is 0 Å². The van der Waals surface area contributed by atoms with E-state index in [-0.39, 0.29) is 23.0 Å². The number of nitrogens with one attached hydrogen (secondary N) is 2. The summed E-state index contributed by atoms with van der Waals surface area (Å²) in [5.74, 6) is 0.331. The molecule has 170 valence electrons. The van der Waals surface area contributed by atoms with E-state index in [1.54, 1.807) is 19.9 Å². The number of urea groups is 1. The third-order valence-corrected chi connectivity index (χ3v) is 4.47. The van der Waals surface area contributed by atoms with Gasteiger partial charge >= 0.3 is 12.2 Å². The molecule has 0 aliphatic heterocycles. The highest BCUT2D eigenvalue weighted by Crippen LogP contribution is 2.36. The lowest BCUT2D eigenvalue weighted by atomic mass is 10.1. The van der Waals surface area contributed by atoms with E-state index in [0.29, 0.717) is 29.3 Å². The number of ether oxygens (including phenoxy) is 1. The van der Waals surface area contributed by atoms with Crippen molar-refractivity contribution in [1.82, 2.24) is 30.3 Å². The summed E-state index contributed by atoms with van der Waals surface area (Å²) in [6.45, 7) is 3.78. The van der Waals surface area contributed by atoms with Gasteiger partial charge in [0, 0.05) is 19.3 Å². The number of halogens is 4. The molecule has 0 fully saturated rings. The first-order chi connectivity index (χ1) is 15.1. The minimum absolute atomic E-state index is 0.00153. The Bertz CT molecular complexity index is 1130. The van der Waals surface area contributed by atoms with Crippen LogP contribution in [0.1, 0.15) is 23.9 Å². The predicted octanol–water partition coefficient (Wildman–Crippen LogP) is 3.97. The number of hydrogen-bond acceptors (Lipinski definition) is 6. The fourth-order valence-electron chi connectivity index (χ4n) is 2.86. The number of nitrogens with zero attached hydrogens (tertiary/aromatic N) is 5. The van der Waals surface area contributed by atoms with Gasteiger partial charge < -0.3 is 15.4 Å². The van der Waals surface area contributed by atoms with E-state index in [4.69, 9.17) is 16.3 Å². The number of rotatable bonds is 6. The van der Waals surface area contributed by atoms with Crippen LogP contribution < -0.4 is 15.4 Å². The fraction of sp³-hybridized carbons (Fsp3) is 0.316. The fourth-order valence-corrected chi connectivity index (χ4v) is 3.02. The molecule has 0 saturated carbocycles. The van der Waals surface area contributed by atoms with Gasteiger partial charge in [-0.25, -0.2) is 9.78 Å². The number of aryl methyl sites for hydroxylation is 2. The molecule has 0 radical (unpaired) electrons. The predicted molar refractivity (Wildman–Crippen MR) is 110 cm³/mol. The number of amides is 2. The number of carbonyl (C=O) groups is 1. The van der Waals surface area contributed by atoms with Gasteiger partial charge in [-0.2, -0.15) is 23.4 Å². The Balaban J connectivity index is 1.68. The van der Waals surface area contributed by atoms with Crippen molar-refractivity contribution in [3.63, 3.8) is 0 Å². The first-order valence-corrected chi connectivity index (χ1v) is 9.74. The van der Waals surface area contributed by atoms with Crippen molar-refractivity contribution >= 4 is 23.3 Å². The molecule has 32 heavy (non-hydrogen) atoms. The lowest BCUT2D eigenvalue weighted by molar-refractivity contribution is -0.141. The van der Waals surface area contributed by atoms with Crippen molar-refractivity contribution in [1.29, 1.82) is 0 Å². The van der Waals surface area contributed by atoms with E-state index in [1.165, 1.54) is 25.5 Å². The second-order valence-corrected chi connectivity index (χ2v) is 7.04. The van der Waals surface area contributed by atoms with Gasteiger partial charge in [0.05, 0.1) is 42.0 Å². The summed E-state index contributed by atoms with van der Waals surface area (Å²) in [5.41, 5.74) is 0.0498. The number of aromatic nitrogens is 5. The average molecular weight is 470 g/mol. The number of hydrogen-bond donors (Lipinski definition) is 2. The van der Waals surface area contributed by atoms with Crippen LogP contribution in [0.25, 0.3) is 11.3 Å². The summed E-state index contributed by atoms with van der Waals surface area (Å²) in [6.07, 6.45) is -2.02. The van der Waals surface area contributed by atoms with Gasteiger partial charge in [-0.3, -0.25) is 4.68 Å². The Labute approximate surface area is 186 Å². The lowest BCUT2D eigenvalue weighted by Gasteiger charge is -2.11. The molecule has 3 rings (SSSR count). The molecule has 3 heterocycles. The molecule has 0 saturated heterocycles. The summed E-state index contributed by atoms with van der Waals surface area (Å²) in [7, 11) is 1.39. The SMILES string of the molecule is CCOc1cc(NC(=O)NCc2cc(C)c(-c3cn(C)nc3C(F)(F)F)nn2)cnc1Cl. The summed E-state index contributed by atoms with van der Waals surface area (Å²) in [4.78, 5) is 16.1. The molecule has 2 amide bonds. The molecule has 0 aliphatic carbocycles. The topological polar surface area (TPSA) is 107 Å². The normalized spacial score (nSPS) is 11.3. The number of alkyl halides is 3. The molecule has 0 unspecified atom stereocenters. The van der Waals surface area contributed by atoms with Crippen LogP contribution in [0, 0.1) is 6.92 Å². The highest BCUT2D eigenvalue weighted by atomic mass is 35.5. The summed E-state index contributed by atoms with van der Waals surface area (Å²) >= 11 is 5.91. The Morgan fingerprint density at radius 1 is 1.28 bits per heavy atom. The van der Waals surface area contributed by atoms with Crippen molar-refractivity contribution in [2.24, 2.45) is 7.05 Å². The van der Waals surface area contributed by atoms with Gasteiger partial charge in [0.25, 0.3) is 0 Å². The molecule has 2 N–H and O–H groups in total. The molecule has 13 heteroatoms. The summed E-state index contributed by atoms with van der Waals surface area (Å²) in [6, 6.07) is 2.53. The van der Waals surface area contributed by atoms with Crippen LogP contribution in [0.5, 0.6) is 5.75 Å². The van der Waals surface area contributed by atoms with E-state index in [9.17, 15) is 18.0 Å². The molecule has 0 atom stereocenters. The third-order valence-electron chi connectivity index (χ3n) is 4.18.